The number of ether oxygens (including phenoxy) is 1. The van der Waals surface area contributed by atoms with Gasteiger partial charge in [-0.1, -0.05) is 0 Å². The monoisotopic (exact) mass is 305 g/mol. The van der Waals surface area contributed by atoms with Gasteiger partial charge in [0.25, 0.3) is 0 Å². The van der Waals surface area contributed by atoms with Crippen molar-refractivity contribution in [3.8, 4) is 0 Å². The summed E-state index contributed by atoms with van der Waals surface area (Å²) in [5, 5.41) is 11.5. The maximum Gasteiger partial charge on any atom is 0.150 e. The van der Waals surface area contributed by atoms with Crippen molar-refractivity contribution in [3.05, 3.63) is 17.3 Å². The number of rotatable bonds is 2. The molecule has 2 aromatic rings. The zero-order valence-corrected chi connectivity index (χ0v) is 12.8. The molecule has 0 bridgehead atoms. The van der Waals surface area contributed by atoms with E-state index in [9.17, 15) is 5.11 Å². The Morgan fingerprint density at radius 2 is 2.33 bits per heavy atom. The van der Waals surface area contributed by atoms with Crippen molar-refractivity contribution in [2.75, 3.05) is 24.7 Å². The number of aryl methyl sites for hydroxylation is 1. The van der Waals surface area contributed by atoms with Crippen LogP contribution in [0.3, 0.4) is 0 Å². The van der Waals surface area contributed by atoms with Gasteiger partial charge in [-0.3, -0.25) is 0 Å². The van der Waals surface area contributed by atoms with E-state index in [4.69, 9.17) is 9.72 Å². The average molecular weight is 305 g/mol. The predicted octanol–water partition coefficient (Wildman–Crippen LogP) is 1.98. The second-order valence-corrected chi connectivity index (χ2v) is 6.84. The molecule has 3 heterocycles. The third-order valence-corrected chi connectivity index (χ3v) is 5.46. The molecule has 2 aliphatic rings. The maximum atomic E-state index is 9.46. The number of aliphatic hydroxyl groups excluding tert-OH is 1. The number of aromatic nitrogens is 2. The van der Waals surface area contributed by atoms with Crippen LogP contribution in [-0.4, -0.2) is 47.0 Å². The number of morpholine rings is 1. The lowest BCUT2D eigenvalue weighted by Crippen LogP contribution is -2.49. The van der Waals surface area contributed by atoms with Gasteiger partial charge >= 0.3 is 0 Å². The lowest BCUT2D eigenvalue weighted by molar-refractivity contribution is 0.0229. The second-order valence-electron chi connectivity index (χ2n) is 5.92. The summed E-state index contributed by atoms with van der Waals surface area (Å²) in [6.07, 6.45) is 2.16. The van der Waals surface area contributed by atoms with E-state index >= 15 is 0 Å². The molecule has 0 unspecified atom stereocenters. The first-order valence-corrected chi connectivity index (χ1v) is 8.35. The van der Waals surface area contributed by atoms with E-state index in [0.717, 1.165) is 47.9 Å². The molecule has 21 heavy (non-hydrogen) atoms. The van der Waals surface area contributed by atoms with Crippen LogP contribution in [0.15, 0.2) is 11.4 Å². The van der Waals surface area contributed by atoms with Gasteiger partial charge in [-0.2, -0.15) is 0 Å². The summed E-state index contributed by atoms with van der Waals surface area (Å²) >= 11 is 1.70. The molecule has 1 aliphatic carbocycles. The molecule has 2 aromatic heterocycles. The molecular formula is C15H19N3O2S. The molecule has 0 spiro atoms. The van der Waals surface area contributed by atoms with Crippen LogP contribution in [0.5, 0.6) is 0 Å². The number of hydrogen-bond donors (Lipinski definition) is 1. The molecule has 2 fully saturated rings. The summed E-state index contributed by atoms with van der Waals surface area (Å²) in [6.45, 7) is 3.79. The van der Waals surface area contributed by atoms with Gasteiger partial charge in [0.1, 0.15) is 5.82 Å². The molecule has 6 heteroatoms. The highest BCUT2D eigenvalue weighted by Gasteiger charge is 2.41. The molecule has 1 aliphatic heterocycles. The topological polar surface area (TPSA) is 58.5 Å². The zero-order chi connectivity index (χ0) is 14.4. The maximum absolute atomic E-state index is 9.46. The highest BCUT2D eigenvalue weighted by Crippen LogP contribution is 2.38. The smallest absolute Gasteiger partial charge is 0.150 e. The molecule has 5 nitrogen and oxygen atoms in total. The minimum absolute atomic E-state index is 0.223. The van der Waals surface area contributed by atoms with E-state index in [1.165, 1.54) is 0 Å². The Labute approximate surface area is 127 Å². The molecule has 0 aromatic carbocycles. The van der Waals surface area contributed by atoms with Crippen molar-refractivity contribution in [2.45, 2.75) is 31.9 Å². The SMILES string of the molecule is Cc1nc(N2CCO[C@H]3C[C@H](CO)C[C@@H]32)c2sccc2n1. The van der Waals surface area contributed by atoms with Gasteiger partial charge in [-0.25, -0.2) is 9.97 Å². The van der Waals surface area contributed by atoms with Crippen LogP contribution in [0.25, 0.3) is 10.2 Å². The van der Waals surface area contributed by atoms with Crippen molar-refractivity contribution in [2.24, 2.45) is 5.92 Å². The first-order valence-electron chi connectivity index (χ1n) is 7.47. The Kier molecular flexibility index (Phi) is 3.32. The van der Waals surface area contributed by atoms with Crippen molar-refractivity contribution in [1.29, 1.82) is 0 Å². The van der Waals surface area contributed by atoms with Crippen LogP contribution in [-0.2, 0) is 4.74 Å². The van der Waals surface area contributed by atoms with Gasteiger partial charge in [-0.05, 0) is 37.1 Å². The molecule has 112 valence electrons. The van der Waals surface area contributed by atoms with E-state index in [2.05, 4.69) is 21.3 Å². The van der Waals surface area contributed by atoms with Crippen molar-refractivity contribution >= 4 is 27.4 Å². The summed E-state index contributed by atoms with van der Waals surface area (Å²) in [4.78, 5) is 11.6. The Bertz CT molecular complexity index is 659. The normalized spacial score (nSPS) is 29.0. The molecule has 1 N–H and O–H groups in total. The molecule has 1 saturated heterocycles. The fourth-order valence-electron chi connectivity index (χ4n) is 3.62. The minimum atomic E-state index is 0.223. The van der Waals surface area contributed by atoms with Crippen LogP contribution in [0.4, 0.5) is 5.82 Å². The van der Waals surface area contributed by atoms with Crippen LogP contribution in [0.1, 0.15) is 18.7 Å². The third kappa shape index (κ3) is 2.22. The Hall–Kier alpha value is -1.24. The molecular weight excluding hydrogens is 286 g/mol. The summed E-state index contributed by atoms with van der Waals surface area (Å²) in [5.74, 6) is 2.21. The molecule has 1 saturated carbocycles. The summed E-state index contributed by atoms with van der Waals surface area (Å²) in [5.41, 5.74) is 1.03. The minimum Gasteiger partial charge on any atom is -0.396 e. The third-order valence-electron chi connectivity index (χ3n) is 4.56. The van der Waals surface area contributed by atoms with Gasteiger partial charge in [0.15, 0.2) is 5.82 Å². The molecule has 0 radical (unpaired) electrons. The van der Waals surface area contributed by atoms with Gasteiger partial charge in [0, 0.05) is 13.2 Å². The van der Waals surface area contributed by atoms with Gasteiger partial charge in [0.2, 0.25) is 0 Å². The van der Waals surface area contributed by atoms with Crippen LogP contribution in [0.2, 0.25) is 0 Å². The highest BCUT2D eigenvalue weighted by molar-refractivity contribution is 7.17. The number of thiophene rings is 1. The standard InChI is InChI=1S/C15H19N3O2S/c1-9-16-11-2-5-21-14(11)15(17-9)18-3-4-20-13-7-10(8-19)6-12(13)18/h2,5,10,12-13,19H,3-4,6-8H2,1H3/t10-,12+,13+/m1/s1. The van der Waals surface area contributed by atoms with Gasteiger partial charge in [0.05, 0.1) is 29.0 Å². The second kappa shape index (κ2) is 5.19. The number of nitrogens with zero attached hydrogens (tertiary/aromatic N) is 3. The lowest BCUT2D eigenvalue weighted by atomic mass is 10.1. The van der Waals surface area contributed by atoms with Gasteiger partial charge in [-0.15, -0.1) is 11.3 Å². The Morgan fingerprint density at radius 3 is 3.19 bits per heavy atom. The summed E-state index contributed by atoms with van der Waals surface area (Å²) in [7, 11) is 0. The number of hydrogen-bond acceptors (Lipinski definition) is 6. The molecule has 0 amide bonds. The lowest BCUT2D eigenvalue weighted by Gasteiger charge is -2.38. The Balaban J connectivity index is 1.75. The largest absolute Gasteiger partial charge is 0.396 e. The number of fused-ring (bicyclic) bond motifs is 2. The van der Waals surface area contributed by atoms with Crippen molar-refractivity contribution in [3.63, 3.8) is 0 Å². The Morgan fingerprint density at radius 1 is 1.43 bits per heavy atom. The summed E-state index contributed by atoms with van der Waals surface area (Å²) in [6, 6.07) is 2.39. The van der Waals surface area contributed by atoms with Crippen LogP contribution < -0.4 is 4.90 Å². The van der Waals surface area contributed by atoms with E-state index in [-0.39, 0.29) is 12.7 Å². The predicted molar refractivity (Wildman–Crippen MR) is 82.8 cm³/mol. The molecule has 3 atom stereocenters. The van der Waals surface area contributed by atoms with Crippen LogP contribution >= 0.6 is 11.3 Å². The first-order chi connectivity index (χ1) is 10.3. The van der Waals surface area contributed by atoms with E-state index in [1.807, 2.05) is 6.92 Å². The average Bonchev–Trinajstić information content (AvgIpc) is 3.11. The quantitative estimate of drug-likeness (QED) is 0.919. The highest BCUT2D eigenvalue weighted by atomic mass is 32.1. The zero-order valence-electron chi connectivity index (χ0n) is 12.0. The van der Waals surface area contributed by atoms with E-state index in [0.29, 0.717) is 12.0 Å². The fourth-order valence-corrected chi connectivity index (χ4v) is 4.45. The van der Waals surface area contributed by atoms with Crippen molar-refractivity contribution < 1.29 is 9.84 Å². The van der Waals surface area contributed by atoms with E-state index in [1.54, 1.807) is 11.3 Å². The number of anilines is 1. The van der Waals surface area contributed by atoms with Crippen molar-refractivity contribution in [1.82, 2.24) is 9.97 Å². The summed E-state index contributed by atoms with van der Waals surface area (Å²) < 4.78 is 7.08. The van der Waals surface area contributed by atoms with E-state index < -0.39 is 0 Å². The fraction of sp³-hybridized carbons (Fsp3) is 0.600. The van der Waals surface area contributed by atoms with Gasteiger partial charge < -0.3 is 14.7 Å². The molecule has 4 rings (SSSR count). The number of aliphatic hydroxyl groups is 1. The first kappa shape index (κ1) is 13.4. The van der Waals surface area contributed by atoms with Crippen LogP contribution in [0, 0.1) is 12.8 Å².